The summed E-state index contributed by atoms with van der Waals surface area (Å²) in [4.78, 5) is 27.4. The molecular formula is C23H20N6O3S. The molecule has 0 aliphatic heterocycles. The zero-order chi connectivity index (χ0) is 23.2. The van der Waals surface area contributed by atoms with Crippen LogP contribution in [0.5, 0.6) is 0 Å². The van der Waals surface area contributed by atoms with Gasteiger partial charge in [0.2, 0.25) is 5.91 Å². The SMILES string of the molecule is CC(Sc1nnc(-c2cccnc2)n1Cc1ccccc1)C(=O)Nc1cccc([N+](=O)[O-])c1. The van der Waals surface area contributed by atoms with Gasteiger partial charge in [0, 0.05) is 35.8 Å². The summed E-state index contributed by atoms with van der Waals surface area (Å²) in [5.41, 5.74) is 2.17. The first kappa shape index (κ1) is 22.2. The first-order chi connectivity index (χ1) is 16.0. The molecule has 0 spiro atoms. The van der Waals surface area contributed by atoms with Crippen molar-refractivity contribution >= 4 is 29.0 Å². The van der Waals surface area contributed by atoms with Crippen LogP contribution in [0.15, 0.2) is 84.3 Å². The van der Waals surface area contributed by atoms with Crippen molar-refractivity contribution in [3.05, 3.63) is 94.8 Å². The van der Waals surface area contributed by atoms with Gasteiger partial charge in [0.05, 0.1) is 16.7 Å². The highest BCUT2D eigenvalue weighted by atomic mass is 32.2. The van der Waals surface area contributed by atoms with Crippen molar-refractivity contribution in [1.29, 1.82) is 0 Å². The maximum Gasteiger partial charge on any atom is 0.271 e. The van der Waals surface area contributed by atoms with Crippen molar-refractivity contribution in [3.63, 3.8) is 0 Å². The van der Waals surface area contributed by atoms with Crippen molar-refractivity contribution < 1.29 is 9.72 Å². The second-order valence-electron chi connectivity index (χ2n) is 7.18. The molecule has 1 atom stereocenters. The predicted molar refractivity (Wildman–Crippen MR) is 126 cm³/mol. The second-order valence-corrected chi connectivity index (χ2v) is 8.48. The molecule has 166 valence electrons. The molecule has 2 aromatic carbocycles. The van der Waals surface area contributed by atoms with Gasteiger partial charge in [0.25, 0.3) is 5.69 Å². The number of non-ortho nitro benzene ring substituents is 1. The Morgan fingerprint density at radius 1 is 1.12 bits per heavy atom. The molecule has 9 nitrogen and oxygen atoms in total. The number of hydrogen-bond acceptors (Lipinski definition) is 7. The minimum absolute atomic E-state index is 0.0863. The lowest BCUT2D eigenvalue weighted by Crippen LogP contribution is -2.23. The van der Waals surface area contributed by atoms with E-state index in [2.05, 4.69) is 20.5 Å². The molecule has 33 heavy (non-hydrogen) atoms. The average Bonchev–Trinajstić information content (AvgIpc) is 3.22. The van der Waals surface area contributed by atoms with Gasteiger partial charge in [-0.05, 0) is 30.7 Å². The minimum atomic E-state index is -0.523. The normalized spacial score (nSPS) is 11.7. The number of nitrogens with one attached hydrogen (secondary N) is 1. The third kappa shape index (κ3) is 5.42. The van der Waals surface area contributed by atoms with E-state index in [1.165, 1.54) is 30.0 Å². The number of nitrogens with zero attached hydrogens (tertiary/aromatic N) is 5. The second kappa shape index (κ2) is 10.0. The first-order valence-corrected chi connectivity index (χ1v) is 11.0. The van der Waals surface area contributed by atoms with E-state index in [9.17, 15) is 14.9 Å². The van der Waals surface area contributed by atoms with Crippen molar-refractivity contribution in [2.75, 3.05) is 5.32 Å². The fourth-order valence-corrected chi connectivity index (χ4v) is 3.99. The number of rotatable bonds is 8. The zero-order valence-electron chi connectivity index (χ0n) is 17.7. The lowest BCUT2D eigenvalue weighted by molar-refractivity contribution is -0.384. The van der Waals surface area contributed by atoms with Crippen LogP contribution >= 0.6 is 11.8 Å². The van der Waals surface area contributed by atoms with Crippen LogP contribution in [0.4, 0.5) is 11.4 Å². The first-order valence-electron chi connectivity index (χ1n) is 10.1. The maximum atomic E-state index is 12.8. The molecule has 2 aromatic heterocycles. The molecule has 1 amide bonds. The van der Waals surface area contributed by atoms with Crippen LogP contribution in [0, 0.1) is 10.1 Å². The van der Waals surface area contributed by atoms with Gasteiger partial charge in [-0.25, -0.2) is 0 Å². The van der Waals surface area contributed by atoms with Crippen molar-refractivity contribution in [2.45, 2.75) is 23.9 Å². The van der Waals surface area contributed by atoms with Crippen LogP contribution < -0.4 is 5.32 Å². The van der Waals surface area contributed by atoms with E-state index in [1.807, 2.05) is 47.0 Å². The van der Waals surface area contributed by atoms with E-state index in [0.29, 0.717) is 23.2 Å². The molecule has 0 aliphatic rings. The highest BCUT2D eigenvalue weighted by Crippen LogP contribution is 2.28. The number of aromatic nitrogens is 4. The third-order valence-electron chi connectivity index (χ3n) is 4.80. The Hall–Kier alpha value is -4.05. The largest absolute Gasteiger partial charge is 0.325 e. The fraction of sp³-hybridized carbons (Fsp3) is 0.130. The monoisotopic (exact) mass is 460 g/mol. The van der Waals surface area contributed by atoms with E-state index < -0.39 is 10.2 Å². The van der Waals surface area contributed by atoms with E-state index in [0.717, 1.165) is 11.1 Å². The molecule has 10 heteroatoms. The molecule has 1 N–H and O–H groups in total. The fourth-order valence-electron chi connectivity index (χ4n) is 3.15. The highest BCUT2D eigenvalue weighted by Gasteiger charge is 2.22. The van der Waals surface area contributed by atoms with Crippen molar-refractivity contribution in [3.8, 4) is 11.4 Å². The predicted octanol–water partition coefficient (Wildman–Crippen LogP) is 4.42. The van der Waals surface area contributed by atoms with Crippen LogP contribution in [-0.4, -0.2) is 35.8 Å². The summed E-state index contributed by atoms with van der Waals surface area (Å²) in [6, 6.07) is 19.5. The number of carbonyl (C=O) groups excluding carboxylic acids is 1. The van der Waals surface area contributed by atoms with Crippen LogP contribution in [0.2, 0.25) is 0 Å². The summed E-state index contributed by atoms with van der Waals surface area (Å²) in [5, 5.41) is 22.5. The summed E-state index contributed by atoms with van der Waals surface area (Å²) in [6.07, 6.45) is 3.41. The summed E-state index contributed by atoms with van der Waals surface area (Å²) >= 11 is 1.27. The molecule has 0 aliphatic carbocycles. The van der Waals surface area contributed by atoms with Crippen LogP contribution in [0.25, 0.3) is 11.4 Å². The van der Waals surface area contributed by atoms with Gasteiger partial charge in [-0.15, -0.1) is 10.2 Å². The van der Waals surface area contributed by atoms with Gasteiger partial charge < -0.3 is 5.32 Å². The summed E-state index contributed by atoms with van der Waals surface area (Å²) in [5.74, 6) is 0.360. The number of nitro benzene ring substituents is 1. The third-order valence-corrected chi connectivity index (χ3v) is 5.88. The number of nitro groups is 1. The summed E-state index contributed by atoms with van der Waals surface area (Å²) < 4.78 is 1.95. The highest BCUT2D eigenvalue weighted by molar-refractivity contribution is 8.00. The lowest BCUT2D eigenvalue weighted by atomic mass is 10.2. The number of carbonyl (C=O) groups is 1. The molecule has 0 radical (unpaired) electrons. The van der Waals surface area contributed by atoms with Gasteiger partial charge in [0.1, 0.15) is 0 Å². The number of anilines is 1. The molecule has 0 bridgehead atoms. The lowest BCUT2D eigenvalue weighted by Gasteiger charge is -2.14. The van der Waals surface area contributed by atoms with Gasteiger partial charge in [-0.3, -0.25) is 24.5 Å². The maximum absolute atomic E-state index is 12.8. The van der Waals surface area contributed by atoms with E-state index in [-0.39, 0.29) is 11.6 Å². The smallest absolute Gasteiger partial charge is 0.271 e. The van der Waals surface area contributed by atoms with Crippen molar-refractivity contribution in [2.24, 2.45) is 0 Å². The van der Waals surface area contributed by atoms with Crippen LogP contribution in [0.3, 0.4) is 0 Å². The quantitative estimate of drug-likeness (QED) is 0.235. The van der Waals surface area contributed by atoms with Crippen LogP contribution in [0.1, 0.15) is 12.5 Å². The zero-order valence-corrected chi connectivity index (χ0v) is 18.5. The molecule has 0 saturated carbocycles. The molecule has 2 heterocycles. The van der Waals surface area contributed by atoms with Crippen molar-refractivity contribution in [1.82, 2.24) is 19.7 Å². The average molecular weight is 461 g/mol. The van der Waals surface area contributed by atoms with E-state index >= 15 is 0 Å². The number of benzene rings is 2. The van der Waals surface area contributed by atoms with Gasteiger partial charge >= 0.3 is 0 Å². The number of thioether (sulfide) groups is 1. The molecule has 0 fully saturated rings. The molecule has 4 aromatic rings. The number of amides is 1. The Balaban J connectivity index is 1.56. The van der Waals surface area contributed by atoms with Crippen LogP contribution in [-0.2, 0) is 11.3 Å². The Labute approximate surface area is 194 Å². The Kier molecular flexibility index (Phi) is 6.75. The Morgan fingerprint density at radius 3 is 2.67 bits per heavy atom. The van der Waals surface area contributed by atoms with Gasteiger partial charge in [-0.1, -0.05) is 48.2 Å². The standard InChI is InChI=1S/C23H20N6O3S/c1-16(22(30)25-19-10-5-11-20(13-19)29(31)32)33-23-27-26-21(18-9-6-12-24-14-18)28(23)15-17-7-3-2-4-8-17/h2-14,16H,15H2,1H3,(H,25,30). The molecule has 1 unspecified atom stereocenters. The van der Waals surface area contributed by atoms with Gasteiger partial charge in [0.15, 0.2) is 11.0 Å². The van der Waals surface area contributed by atoms with E-state index in [4.69, 9.17) is 0 Å². The Bertz CT molecular complexity index is 1260. The number of pyridine rings is 1. The molecule has 4 rings (SSSR count). The summed E-state index contributed by atoms with van der Waals surface area (Å²) in [6.45, 7) is 2.28. The number of hydrogen-bond donors (Lipinski definition) is 1. The topological polar surface area (TPSA) is 116 Å². The molecule has 0 saturated heterocycles. The minimum Gasteiger partial charge on any atom is -0.325 e. The Morgan fingerprint density at radius 2 is 1.94 bits per heavy atom. The van der Waals surface area contributed by atoms with Gasteiger partial charge in [-0.2, -0.15) is 0 Å². The summed E-state index contributed by atoms with van der Waals surface area (Å²) in [7, 11) is 0. The van der Waals surface area contributed by atoms with E-state index in [1.54, 1.807) is 25.4 Å². The molecular weight excluding hydrogens is 440 g/mol.